The number of ether oxygens (including phenoxy) is 1. The molecule has 0 bridgehead atoms. The van der Waals surface area contributed by atoms with Gasteiger partial charge in [0.25, 0.3) is 0 Å². The maximum Gasteiger partial charge on any atom is 0.479 e. The van der Waals surface area contributed by atoms with E-state index in [2.05, 4.69) is 23.1 Å². The van der Waals surface area contributed by atoms with Crippen LogP contribution in [0.3, 0.4) is 0 Å². The van der Waals surface area contributed by atoms with E-state index in [-0.39, 0.29) is 5.82 Å². The number of phosphoric acid groups is 2. The van der Waals surface area contributed by atoms with Gasteiger partial charge in [0.15, 0.2) is 0 Å². The zero-order valence-corrected chi connectivity index (χ0v) is 18.9. The predicted molar refractivity (Wildman–Crippen MR) is 105 cm³/mol. The van der Waals surface area contributed by atoms with Crippen molar-refractivity contribution >= 4 is 52.3 Å². The fraction of sp³-hybridized carbons (Fsp3) is 0.500. The molecule has 2 aromatic heterocycles. The average molecular weight is 521 g/mol. The summed E-state index contributed by atoms with van der Waals surface area (Å²) in [4.78, 5) is 44.3. The molecule has 8 N–H and O–H groups in total. The van der Waals surface area contributed by atoms with Gasteiger partial charge in [-0.2, -0.15) is 0 Å². The van der Waals surface area contributed by atoms with Crippen LogP contribution in [0, 0.1) is 0 Å². The summed E-state index contributed by atoms with van der Waals surface area (Å²) in [5.41, 5.74) is 4.33. The number of fused-ring (bicyclic) bond motifs is 1. The first-order chi connectivity index (χ1) is 14.2. The molecule has 0 saturated carbocycles. The average Bonchev–Trinajstić information content (AvgIpc) is 3.12. The van der Waals surface area contributed by atoms with Crippen LogP contribution in [0.5, 0.6) is 0 Å². The number of thiophene rings is 1. The summed E-state index contributed by atoms with van der Waals surface area (Å²) in [6.07, 6.45) is -2.80. The van der Waals surface area contributed by atoms with Gasteiger partial charge in [-0.05, 0) is 6.92 Å². The lowest BCUT2D eigenvalue weighted by Crippen LogP contribution is -2.43. The number of nitrogens with zero attached hydrogens (tertiary/aromatic N) is 2. The molecule has 2 aromatic rings. The van der Waals surface area contributed by atoms with Crippen LogP contribution in [-0.4, -0.2) is 64.2 Å². The smallest absolute Gasteiger partial charge is 0.387 e. The molecule has 0 aliphatic carbocycles. The second-order valence-electron chi connectivity index (χ2n) is 6.50. The van der Waals surface area contributed by atoms with Gasteiger partial charge in [0.05, 0.1) is 22.4 Å². The fourth-order valence-corrected chi connectivity index (χ4v) is 6.36. The molecule has 1 saturated heterocycles. The second-order valence-corrected chi connectivity index (χ2v) is 11.4. The van der Waals surface area contributed by atoms with Crippen LogP contribution >= 0.6 is 35.6 Å². The lowest BCUT2D eigenvalue weighted by Gasteiger charge is -2.26. The van der Waals surface area contributed by atoms with Crippen molar-refractivity contribution in [2.75, 3.05) is 12.3 Å². The molecule has 0 radical (unpaired) electrons. The molecule has 6 atom stereocenters. The first kappa shape index (κ1) is 25.0. The summed E-state index contributed by atoms with van der Waals surface area (Å²) in [6, 6.07) is 0. The number of aliphatic hydroxyl groups excluding tert-OH is 1. The summed E-state index contributed by atoms with van der Waals surface area (Å²) in [5.74, 6) is 0.210. The van der Waals surface area contributed by atoms with Crippen LogP contribution in [0.1, 0.15) is 17.9 Å². The minimum absolute atomic E-state index is 0.210. The zero-order valence-electron chi connectivity index (χ0n) is 15.4. The Hall–Kier alpha value is -0.670. The van der Waals surface area contributed by atoms with Crippen molar-refractivity contribution in [2.45, 2.75) is 30.8 Å². The number of hydrogen-bond donors (Lipinski definition) is 7. The van der Waals surface area contributed by atoms with Crippen LogP contribution in [-0.2, 0) is 27.0 Å². The first-order valence-corrected chi connectivity index (χ1v) is 13.2. The largest absolute Gasteiger partial charge is 0.479 e. The Kier molecular flexibility index (Phi) is 7.19. The van der Waals surface area contributed by atoms with Gasteiger partial charge >= 0.3 is 24.2 Å². The molecule has 174 valence electrons. The van der Waals surface area contributed by atoms with Crippen molar-refractivity contribution in [2.24, 2.45) is 0 Å². The van der Waals surface area contributed by atoms with E-state index < -0.39 is 54.8 Å². The number of aliphatic hydroxyl groups is 2. The highest BCUT2D eigenvalue weighted by Crippen LogP contribution is 2.61. The third kappa shape index (κ3) is 5.64. The van der Waals surface area contributed by atoms with Gasteiger partial charge in [-0.25, -0.2) is 27.7 Å². The van der Waals surface area contributed by atoms with E-state index in [0.717, 1.165) is 11.3 Å². The molecule has 1 aliphatic rings. The van der Waals surface area contributed by atoms with Gasteiger partial charge in [-0.15, -0.1) is 11.3 Å². The minimum Gasteiger partial charge on any atom is -0.387 e. The molecule has 3 rings (SSSR count). The molecule has 0 aromatic carbocycles. The third-order valence-electron chi connectivity index (χ3n) is 4.23. The normalized spacial score (nSPS) is 29.8. The molecular formula is C12H18N3O12P3S. The van der Waals surface area contributed by atoms with Gasteiger partial charge in [-0.1, -0.05) is 0 Å². The van der Waals surface area contributed by atoms with Gasteiger partial charge in [0.1, 0.15) is 36.1 Å². The summed E-state index contributed by atoms with van der Waals surface area (Å²) in [5, 5.41) is 23.4. The van der Waals surface area contributed by atoms with Crippen molar-refractivity contribution < 1.29 is 56.8 Å². The molecule has 15 nitrogen and oxygen atoms in total. The second kappa shape index (κ2) is 8.93. The Balaban J connectivity index is 1.72. The number of nitrogen functional groups attached to an aromatic ring is 1. The van der Waals surface area contributed by atoms with Gasteiger partial charge in [0, 0.05) is 5.38 Å². The summed E-state index contributed by atoms with van der Waals surface area (Å²) >= 11 is 1.15. The van der Waals surface area contributed by atoms with Crippen molar-refractivity contribution in [3.8, 4) is 0 Å². The maximum atomic E-state index is 11.9. The number of nitrogens with two attached hydrogens (primary N) is 1. The monoisotopic (exact) mass is 521 g/mol. The van der Waals surface area contributed by atoms with Gasteiger partial charge in [-0.3, -0.25) is 4.52 Å². The van der Waals surface area contributed by atoms with E-state index >= 15 is 0 Å². The Labute approximate surface area is 179 Å². The molecule has 3 heterocycles. The lowest BCUT2D eigenvalue weighted by atomic mass is 9.92. The molecule has 1 aliphatic heterocycles. The van der Waals surface area contributed by atoms with Crippen molar-refractivity contribution in [1.29, 1.82) is 0 Å². The number of anilines is 1. The number of phosphoric ester groups is 1. The van der Waals surface area contributed by atoms with E-state index in [4.69, 9.17) is 20.3 Å². The van der Waals surface area contributed by atoms with E-state index in [9.17, 15) is 29.1 Å². The summed E-state index contributed by atoms with van der Waals surface area (Å²) < 4.78 is 40.6. The van der Waals surface area contributed by atoms with Gasteiger partial charge < -0.3 is 40.3 Å². The number of rotatable bonds is 8. The maximum absolute atomic E-state index is 11.9. The predicted octanol–water partition coefficient (Wildman–Crippen LogP) is 0.287. The molecule has 0 amide bonds. The van der Waals surface area contributed by atoms with Crippen LogP contribution < -0.4 is 5.73 Å². The Morgan fingerprint density at radius 2 is 2.00 bits per heavy atom. The zero-order chi connectivity index (χ0) is 23.2. The van der Waals surface area contributed by atoms with Crippen molar-refractivity contribution in [3.05, 3.63) is 16.6 Å². The van der Waals surface area contributed by atoms with E-state index in [0.29, 0.717) is 15.8 Å². The molecule has 31 heavy (non-hydrogen) atoms. The molecule has 0 spiro atoms. The Bertz CT molecular complexity index is 1050. The Morgan fingerprint density at radius 3 is 2.65 bits per heavy atom. The van der Waals surface area contributed by atoms with Gasteiger partial charge in [0.2, 0.25) is 0 Å². The van der Waals surface area contributed by atoms with Crippen molar-refractivity contribution in [3.63, 3.8) is 0 Å². The number of aromatic nitrogens is 2. The lowest BCUT2D eigenvalue weighted by molar-refractivity contribution is -0.0630. The highest BCUT2D eigenvalue weighted by molar-refractivity contribution is 7.63. The van der Waals surface area contributed by atoms with E-state index in [1.165, 1.54) is 13.3 Å². The third-order valence-corrected chi connectivity index (χ3v) is 8.52. The minimum atomic E-state index is -5.18. The summed E-state index contributed by atoms with van der Waals surface area (Å²) in [7, 11) is -13.7. The van der Waals surface area contributed by atoms with Crippen molar-refractivity contribution in [1.82, 2.24) is 9.97 Å². The Morgan fingerprint density at radius 1 is 1.32 bits per heavy atom. The highest BCUT2D eigenvalue weighted by Gasteiger charge is 2.54. The fourth-order valence-electron chi connectivity index (χ4n) is 2.85. The first-order valence-electron chi connectivity index (χ1n) is 8.16. The highest BCUT2D eigenvalue weighted by atomic mass is 32.1. The SMILES string of the molecule is C[C@@]1(O)[C@H](O)[C@@H](COP(=O)(O)OP(O)OP(=O)(O)O)O[C@H]1c1scc2c(N)ncnc12. The van der Waals surface area contributed by atoms with Crippen LogP contribution in [0.2, 0.25) is 0 Å². The topological polar surface area (TPSA) is 244 Å². The van der Waals surface area contributed by atoms with Crippen LogP contribution in [0.25, 0.3) is 10.9 Å². The van der Waals surface area contributed by atoms with Crippen LogP contribution in [0.15, 0.2) is 11.7 Å². The molecule has 19 heteroatoms. The van der Waals surface area contributed by atoms with Crippen LogP contribution in [0.4, 0.5) is 5.82 Å². The summed E-state index contributed by atoms with van der Waals surface area (Å²) in [6.45, 7) is 0.495. The molecular weight excluding hydrogens is 503 g/mol. The van der Waals surface area contributed by atoms with E-state index in [1.807, 2.05) is 0 Å². The quantitative estimate of drug-likeness (QED) is 0.231. The molecule has 2 unspecified atom stereocenters. The standard InChI is InChI=1S/C12H18N3O12P3S/c1-12(17)9(16)6(2-24-30(22,23)27-28(18)26-29(19,20)21)25-10(12)8-7-5(3-31-8)11(13)15-4-14-7/h3-4,6,9-10,16-18H,2H2,1H3,(H,22,23)(H2,13,14,15)(H2,19,20,21)/t6-,9-,10+,12-,28?/m1/s1. The van der Waals surface area contributed by atoms with E-state index in [1.54, 1.807) is 5.38 Å². The molecule has 1 fully saturated rings. The number of hydrogen-bond acceptors (Lipinski definition) is 13.